The van der Waals surface area contributed by atoms with Crippen LogP contribution in [0.5, 0.6) is 11.5 Å². The van der Waals surface area contributed by atoms with Crippen molar-refractivity contribution in [1.82, 2.24) is 10.3 Å². The molecule has 146 valence electrons. The van der Waals surface area contributed by atoms with Crippen LogP contribution in [0, 0.1) is 0 Å². The van der Waals surface area contributed by atoms with Crippen molar-refractivity contribution in [3.8, 4) is 11.5 Å². The Morgan fingerprint density at radius 3 is 2.82 bits per heavy atom. The summed E-state index contributed by atoms with van der Waals surface area (Å²) in [5.74, 6) is -0.133. The molecular weight excluding hydrogens is 366 g/mol. The van der Waals surface area contributed by atoms with Gasteiger partial charge in [-0.05, 0) is 41.8 Å². The van der Waals surface area contributed by atoms with E-state index in [0.29, 0.717) is 18.5 Å². The predicted molar refractivity (Wildman–Crippen MR) is 104 cm³/mol. The van der Waals surface area contributed by atoms with Crippen molar-refractivity contribution < 1.29 is 23.0 Å². The van der Waals surface area contributed by atoms with Crippen LogP contribution in [0.15, 0.2) is 54.7 Å². The number of rotatable bonds is 8. The Kier molecular flexibility index (Phi) is 6.26. The lowest BCUT2D eigenvalue weighted by Gasteiger charge is -2.10. The molecule has 1 heterocycles. The minimum Gasteiger partial charge on any atom is -0.493 e. The number of benzene rings is 2. The minimum atomic E-state index is -2.93. The second kappa shape index (κ2) is 9.03. The molecule has 0 spiro atoms. The Balaban J connectivity index is 1.55. The number of nitrogens with one attached hydrogen (secondary N) is 2. The Morgan fingerprint density at radius 1 is 1.21 bits per heavy atom. The topological polar surface area (TPSA) is 63.3 Å². The number of methoxy groups -OCH3 is 1. The number of alkyl halides is 2. The number of carbonyl (C=O) groups is 1. The zero-order chi connectivity index (χ0) is 19.9. The molecule has 0 radical (unpaired) electrons. The zero-order valence-electron chi connectivity index (χ0n) is 15.2. The normalized spacial score (nSPS) is 11.3. The first kappa shape index (κ1) is 19.4. The molecule has 1 aromatic heterocycles. The fourth-order valence-electron chi connectivity index (χ4n) is 2.87. The molecule has 7 heteroatoms. The number of hydrogen-bond acceptors (Lipinski definition) is 3. The second-order valence-electron chi connectivity index (χ2n) is 6.02. The number of carbonyl (C=O) groups excluding carboxylic acids is 1. The van der Waals surface area contributed by atoms with Crippen molar-refractivity contribution in [2.24, 2.45) is 0 Å². The number of para-hydroxylation sites is 1. The molecule has 0 aliphatic heterocycles. The van der Waals surface area contributed by atoms with Crippen LogP contribution in [-0.4, -0.2) is 31.2 Å². The third-order valence-electron chi connectivity index (χ3n) is 4.20. The lowest BCUT2D eigenvalue weighted by Crippen LogP contribution is -2.23. The third-order valence-corrected chi connectivity index (χ3v) is 4.20. The lowest BCUT2D eigenvalue weighted by atomic mass is 10.1. The van der Waals surface area contributed by atoms with Gasteiger partial charge in [0.2, 0.25) is 5.91 Å². The highest BCUT2D eigenvalue weighted by Crippen LogP contribution is 2.29. The summed E-state index contributed by atoms with van der Waals surface area (Å²) in [5, 5.41) is 3.97. The molecule has 2 aromatic carbocycles. The van der Waals surface area contributed by atoms with Crippen molar-refractivity contribution in [2.45, 2.75) is 13.0 Å². The number of aromatic nitrogens is 1. The Labute approximate surface area is 161 Å². The van der Waals surface area contributed by atoms with E-state index in [1.165, 1.54) is 25.3 Å². The van der Waals surface area contributed by atoms with Crippen LogP contribution in [0.2, 0.25) is 0 Å². The molecule has 3 aromatic rings. The van der Waals surface area contributed by atoms with Gasteiger partial charge < -0.3 is 19.8 Å². The molecule has 0 bridgehead atoms. The molecule has 28 heavy (non-hydrogen) atoms. The van der Waals surface area contributed by atoms with E-state index in [0.717, 1.165) is 16.5 Å². The number of aromatic amines is 1. The van der Waals surface area contributed by atoms with E-state index in [1.54, 1.807) is 12.1 Å². The van der Waals surface area contributed by atoms with Crippen molar-refractivity contribution >= 4 is 22.9 Å². The van der Waals surface area contributed by atoms with E-state index in [2.05, 4.69) is 15.0 Å². The largest absolute Gasteiger partial charge is 0.493 e. The van der Waals surface area contributed by atoms with Gasteiger partial charge in [-0.25, -0.2) is 0 Å². The first-order chi connectivity index (χ1) is 13.6. The smallest absolute Gasteiger partial charge is 0.387 e. The van der Waals surface area contributed by atoms with Crippen molar-refractivity contribution in [3.63, 3.8) is 0 Å². The Bertz CT molecular complexity index is 983. The van der Waals surface area contributed by atoms with Crippen LogP contribution in [0.25, 0.3) is 17.0 Å². The standard InChI is InChI=1S/C21H20F2N2O3/c1-27-19-12-14(6-8-18(19)28-21(22)23)7-9-20(26)24-11-10-15-13-25-17-5-3-2-4-16(15)17/h2-9,12-13,21,25H,10-11H2,1H3,(H,24,26)/b9-7+. The average molecular weight is 386 g/mol. The monoisotopic (exact) mass is 386 g/mol. The summed E-state index contributed by atoms with van der Waals surface area (Å²) in [6.07, 6.45) is 5.62. The minimum absolute atomic E-state index is 0.0576. The van der Waals surface area contributed by atoms with Crippen LogP contribution in [0.1, 0.15) is 11.1 Å². The lowest BCUT2D eigenvalue weighted by molar-refractivity contribution is -0.116. The average Bonchev–Trinajstić information content (AvgIpc) is 3.10. The molecule has 0 atom stereocenters. The highest BCUT2D eigenvalue weighted by molar-refractivity contribution is 5.91. The summed E-state index contributed by atoms with van der Waals surface area (Å²) < 4.78 is 34.1. The van der Waals surface area contributed by atoms with E-state index in [9.17, 15) is 13.6 Å². The molecule has 0 saturated heterocycles. The highest BCUT2D eigenvalue weighted by Gasteiger charge is 2.10. The first-order valence-corrected chi connectivity index (χ1v) is 8.70. The van der Waals surface area contributed by atoms with E-state index in [4.69, 9.17) is 4.74 Å². The molecular formula is C21H20F2N2O3. The number of amides is 1. The molecule has 1 amide bonds. The van der Waals surface area contributed by atoms with Crippen molar-refractivity contribution in [1.29, 1.82) is 0 Å². The predicted octanol–water partition coefficient (Wildman–Crippen LogP) is 4.15. The molecule has 0 unspecified atom stereocenters. The van der Waals surface area contributed by atoms with Gasteiger partial charge in [0.25, 0.3) is 0 Å². The van der Waals surface area contributed by atoms with Crippen LogP contribution in [-0.2, 0) is 11.2 Å². The van der Waals surface area contributed by atoms with Crippen LogP contribution < -0.4 is 14.8 Å². The van der Waals surface area contributed by atoms with Gasteiger partial charge >= 0.3 is 6.61 Å². The summed E-state index contributed by atoms with van der Waals surface area (Å²) in [6, 6.07) is 12.5. The molecule has 0 fully saturated rings. The molecule has 0 aliphatic rings. The number of halogens is 2. The highest BCUT2D eigenvalue weighted by atomic mass is 19.3. The summed E-state index contributed by atoms with van der Waals surface area (Å²) in [6.45, 7) is -2.44. The van der Waals surface area contributed by atoms with Gasteiger partial charge in [0.15, 0.2) is 11.5 Å². The summed E-state index contributed by atoms with van der Waals surface area (Å²) in [5.41, 5.74) is 2.83. The summed E-state index contributed by atoms with van der Waals surface area (Å²) >= 11 is 0. The van der Waals surface area contributed by atoms with Gasteiger partial charge in [-0.1, -0.05) is 24.3 Å². The van der Waals surface area contributed by atoms with Gasteiger partial charge in [0.1, 0.15) is 0 Å². The Hall–Kier alpha value is -3.35. The molecule has 0 saturated carbocycles. The Morgan fingerprint density at radius 2 is 2.04 bits per heavy atom. The SMILES string of the molecule is COc1cc(/C=C/C(=O)NCCc2c[nH]c3ccccc23)ccc1OC(F)F. The fraction of sp³-hybridized carbons (Fsp3) is 0.190. The van der Waals surface area contributed by atoms with Gasteiger partial charge in [-0.2, -0.15) is 8.78 Å². The van der Waals surface area contributed by atoms with E-state index < -0.39 is 6.61 Å². The van der Waals surface area contributed by atoms with Crippen molar-refractivity contribution in [2.75, 3.05) is 13.7 Å². The maximum atomic E-state index is 12.4. The van der Waals surface area contributed by atoms with Crippen LogP contribution in [0.4, 0.5) is 8.78 Å². The number of ether oxygens (including phenoxy) is 2. The summed E-state index contributed by atoms with van der Waals surface area (Å²) in [7, 11) is 1.36. The maximum absolute atomic E-state index is 12.4. The second-order valence-corrected chi connectivity index (χ2v) is 6.02. The quantitative estimate of drug-likeness (QED) is 0.572. The molecule has 5 nitrogen and oxygen atoms in total. The van der Waals surface area contributed by atoms with Gasteiger partial charge in [0, 0.05) is 29.7 Å². The zero-order valence-corrected chi connectivity index (χ0v) is 15.2. The van der Waals surface area contributed by atoms with Crippen molar-refractivity contribution in [3.05, 3.63) is 65.9 Å². The number of H-pyrrole nitrogens is 1. The number of hydrogen-bond donors (Lipinski definition) is 2. The summed E-state index contributed by atoms with van der Waals surface area (Å²) in [4.78, 5) is 15.2. The number of fused-ring (bicyclic) bond motifs is 1. The molecule has 3 rings (SSSR count). The third kappa shape index (κ3) is 4.88. The van der Waals surface area contributed by atoms with E-state index >= 15 is 0 Å². The fourth-order valence-corrected chi connectivity index (χ4v) is 2.87. The van der Waals surface area contributed by atoms with Gasteiger partial charge in [-0.3, -0.25) is 4.79 Å². The van der Waals surface area contributed by atoms with E-state index in [-0.39, 0.29) is 17.4 Å². The van der Waals surface area contributed by atoms with Crippen LogP contribution in [0.3, 0.4) is 0 Å². The molecule has 0 aliphatic carbocycles. The van der Waals surface area contributed by atoms with E-state index in [1.807, 2.05) is 30.5 Å². The maximum Gasteiger partial charge on any atom is 0.387 e. The molecule has 2 N–H and O–H groups in total. The first-order valence-electron chi connectivity index (χ1n) is 8.70. The van der Waals surface area contributed by atoms with Gasteiger partial charge in [-0.15, -0.1) is 0 Å². The van der Waals surface area contributed by atoms with Gasteiger partial charge in [0.05, 0.1) is 7.11 Å². The van der Waals surface area contributed by atoms with Crippen LogP contribution >= 0.6 is 0 Å².